The molecule has 0 unspecified atom stereocenters. The molecular weight excluding hydrogens is 164 g/mol. The van der Waals surface area contributed by atoms with Crippen LogP contribution in [0.5, 0.6) is 0 Å². The first-order valence-corrected chi connectivity index (χ1v) is 5.33. The van der Waals surface area contributed by atoms with Gasteiger partial charge in [-0.25, -0.2) is 0 Å². The number of likely N-dealkylation sites (tertiary alicyclic amines) is 1. The van der Waals surface area contributed by atoms with E-state index in [2.05, 4.69) is 10.2 Å². The van der Waals surface area contributed by atoms with Crippen molar-refractivity contribution in [2.45, 2.75) is 32.1 Å². The van der Waals surface area contributed by atoms with Crippen LogP contribution in [0.2, 0.25) is 0 Å². The molecule has 1 heterocycles. The van der Waals surface area contributed by atoms with E-state index in [0.29, 0.717) is 0 Å². The van der Waals surface area contributed by atoms with E-state index in [9.17, 15) is 4.79 Å². The number of unbranched alkanes of at least 4 members (excludes halogenated alkanes) is 1. The van der Waals surface area contributed by atoms with E-state index in [1.165, 1.54) is 45.3 Å². The van der Waals surface area contributed by atoms with Gasteiger partial charge in [0.05, 0.1) is 0 Å². The Morgan fingerprint density at radius 2 is 1.92 bits per heavy atom. The molecule has 1 saturated heterocycles. The number of piperidine rings is 1. The van der Waals surface area contributed by atoms with Crippen LogP contribution in [0.1, 0.15) is 32.1 Å². The minimum atomic E-state index is 0.779. The van der Waals surface area contributed by atoms with Crippen LogP contribution in [0.4, 0.5) is 0 Å². The molecule has 0 radical (unpaired) electrons. The highest BCUT2D eigenvalue weighted by Crippen LogP contribution is 2.08. The first-order valence-electron chi connectivity index (χ1n) is 5.33. The molecule has 0 aliphatic carbocycles. The van der Waals surface area contributed by atoms with E-state index in [1.807, 2.05) is 0 Å². The van der Waals surface area contributed by atoms with Gasteiger partial charge in [0.25, 0.3) is 0 Å². The minimum Gasteiger partial charge on any atom is -0.359 e. The van der Waals surface area contributed by atoms with Crippen molar-refractivity contribution in [3.8, 4) is 0 Å². The van der Waals surface area contributed by atoms with Crippen molar-refractivity contribution in [3.63, 3.8) is 0 Å². The van der Waals surface area contributed by atoms with Crippen LogP contribution in [0.25, 0.3) is 0 Å². The third-order valence-electron chi connectivity index (χ3n) is 2.58. The first-order chi connectivity index (χ1) is 6.43. The zero-order chi connectivity index (χ0) is 9.36. The van der Waals surface area contributed by atoms with Crippen LogP contribution < -0.4 is 5.32 Å². The summed E-state index contributed by atoms with van der Waals surface area (Å²) >= 11 is 0. The summed E-state index contributed by atoms with van der Waals surface area (Å²) in [5.41, 5.74) is 0. The lowest BCUT2D eigenvalue weighted by Gasteiger charge is -2.26. The van der Waals surface area contributed by atoms with Crippen LogP contribution in [-0.4, -0.2) is 37.5 Å². The molecule has 0 aromatic rings. The third-order valence-corrected chi connectivity index (χ3v) is 2.58. The second kappa shape index (κ2) is 6.89. The topological polar surface area (TPSA) is 32.3 Å². The number of nitrogens with zero attached hydrogens (tertiary/aromatic N) is 1. The lowest BCUT2D eigenvalue weighted by atomic mass is 10.1. The zero-order valence-electron chi connectivity index (χ0n) is 8.30. The summed E-state index contributed by atoms with van der Waals surface area (Å²) in [7, 11) is 0. The van der Waals surface area contributed by atoms with Gasteiger partial charge < -0.3 is 10.2 Å². The molecule has 1 fully saturated rings. The Morgan fingerprint density at radius 1 is 1.15 bits per heavy atom. The standard InChI is InChI=1S/C10H20N2O/c13-10-11-6-2-5-9-12-7-3-1-4-8-12/h10H,1-9H2,(H,11,13). The van der Waals surface area contributed by atoms with Gasteiger partial charge in [-0.1, -0.05) is 6.42 Å². The van der Waals surface area contributed by atoms with Crippen molar-refractivity contribution >= 4 is 6.41 Å². The smallest absolute Gasteiger partial charge is 0.207 e. The SMILES string of the molecule is O=CNCCCCN1CCCCC1. The largest absolute Gasteiger partial charge is 0.359 e. The van der Waals surface area contributed by atoms with Crippen molar-refractivity contribution in [1.82, 2.24) is 10.2 Å². The van der Waals surface area contributed by atoms with E-state index in [0.717, 1.165) is 19.4 Å². The van der Waals surface area contributed by atoms with Crippen molar-refractivity contribution in [1.29, 1.82) is 0 Å². The molecule has 1 N–H and O–H groups in total. The van der Waals surface area contributed by atoms with Gasteiger partial charge in [-0.05, 0) is 45.3 Å². The summed E-state index contributed by atoms with van der Waals surface area (Å²) in [5.74, 6) is 0. The molecule has 3 nitrogen and oxygen atoms in total. The molecular formula is C10H20N2O. The van der Waals surface area contributed by atoms with Crippen LogP contribution in [0.15, 0.2) is 0 Å². The van der Waals surface area contributed by atoms with E-state index in [-0.39, 0.29) is 0 Å². The van der Waals surface area contributed by atoms with E-state index in [1.54, 1.807) is 0 Å². The first kappa shape index (κ1) is 10.5. The molecule has 1 aliphatic heterocycles. The number of hydrogen-bond acceptors (Lipinski definition) is 2. The molecule has 1 aliphatic rings. The van der Waals surface area contributed by atoms with Crippen molar-refractivity contribution in [2.75, 3.05) is 26.2 Å². The highest BCUT2D eigenvalue weighted by molar-refractivity contribution is 5.45. The molecule has 0 bridgehead atoms. The van der Waals surface area contributed by atoms with Gasteiger partial charge in [-0.15, -0.1) is 0 Å². The molecule has 0 atom stereocenters. The summed E-state index contributed by atoms with van der Waals surface area (Å²) in [4.78, 5) is 12.5. The Balaban J connectivity index is 1.89. The number of carbonyl (C=O) groups excluding carboxylic acids is 1. The average Bonchev–Trinajstić information content (AvgIpc) is 2.19. The van der Waals surface area contributed by atoms with Gasteiger partial charge in [-0.3, -0.25) is 4.79 Å². The van der Waals surface area contributed by atoms with Gasteiger partial charge in [-0.2, -0.15) is 0 Å². The maximum absolute atomic E-state index is 9.95. The molecule has 13 heavy (non-hydrogen) atoms. The predicted octanol–water partition coefficient (Wildman–Crippen LogP) is 0.998. The lowest BCUT2D eigenvalue weighted by Crippen LogP contribution is -2.30. The molecule has 0 saturated carbocycles. The van der Waals surface area contributed by atoms with Crippen molar-refractivity contribution in [2.24, 2.45) is 0 Å². The number of amides is 1. The Morgan fingerprint density at radius 3 is 2.62 bits per heavy atom. The molecule has 3 heteroatoms. The zero-order valence-corrected chi connectivity index (χ0v) is 8.30. The number of carbonyl (C=O) groups is 1. The molecule has 0 aromatic carbocycles. The predicted molar refractivity (Wildman–Crippen MR) is 53.6 cm³/mol. The summed E-state index contributed by atoms with van der Waals surface area (Å²) in [5, 5.41) is 2.69. The van der Waals surface area contributed by atoms with Gasteiger partial charge in [0, 0.05) is 6.54 Å². The average molecular weight is 184 g/mol. The molecule has 1 amide bonds. The van der Waals surface area contributed by atoms with Gasteiger partial charge in [0.2, 0.25) is 6.41 Å². The Kier molecular flexibility index (Phi) is 5.57. The summed E-state index contributed by atoms with van der Waals surface area (Å²) in [6, 6.07) is 0. The third kappa shape index (κ3) is 4.88. The Hall–Kier alpha value is -0.570. The maximum Gasteiger partial charge on any atom is 0.207 e. The fourth-order valence-electron chi connectivity index (χ4n) is 1.80. The number of nitrogens with one attached hydrogen (secondary N) is 1. The molecule has 1 rings (SSSR count). The van der Waals surface area contributed by atoms with E-state index >= 15 is 0 Å². The van der Waals surface area contributed by atoms with E-state index < -0.39 is 0 Å². The van der Waals surface area contributed by atoms with Crippen LogP contribution >= 0.6 is 0 Å². The van der Waals surface area contributed by atoms with Crippen LogP contribution in [0.3, 0.4) is 0 Å². The monoisotopic (exact) mass is 184 g/mol. The number of rotatable bonds is 6. The van der Waals surface area contributed by atoms with E-state index in [4.69, 9.17) is 0 Å². The van der Waals surface area contributed by atoms with Gasteiger partial charge in [0.15, 0.2) is 0 Å². The quantitative estimate of drug-likeness (QED) is 0.493. The summed E-state index contributed by atoms with van der Waals surface area (Å²) in [6.07, 6.45) is 7.24. The van der Waals surface area contributed by atoms with Crippen molar-refractivity contribution < 1.29 is 4.79 Å². The highest BCUT2D eigenvalue weighted by atomic mass is 16.1. The Bertz CT molecular complexity index is 133. The number of hydrogen-bond donors (Lipinski definition) is 1. The van der Waals surface area contributed by atoms with Crippen LogP contribution in [0, 0.1) is 0 Å². The van der Waals surface area contributed by atoms with Gasteiger partial charge in [0.1, 0.15) is 0 Å². The highest BCUT2D eigenvalue weighted by Gasteiger charge is 2.08. The summed E-state index contributed by atoms with van der Waals surface area (Å²) < 4.78 is 0. The molecule has 0 spiro atoms. The molecule has 76 valence electrons. The van der Waals surface area contributed by atoms with Crippen LogP contribution in [-0.2, 0) is 4.79 Å². The summed E-state index contributed by atoms with van der Waals surface area (Å²) in [6.45, 7) is 4.60. The fraction of sp³-hybridized carbons (Fsp3) is 0.900. The second-order valence-corrected chi connectivity index (χ2v) is 3.68. The normalized spacial score (nSPS) is 18.5. The fourth-order valence-corrected chi connectivity index (χ4v) is 1.80. The van der Waals surface area contributed by atoms with Gasteiger partial charge >= 0.3 is 0 Å². The Labute approximate surface area is 80.5 Å². The minimum absolute atomic E-state index is 0.779. The lowest BCUT2D eigenvalue weighted by molar-refractivity contribution is -0.109. The maximum atomic E-state index is 9.95. The molecule has 0 aromatic heterocycles. The second-order valence-electron chi connectivity index (χ2n) is 3.68. The van der Waals surface area contributed by atoms with Crippen molar-refractivity contribution in [3.05, 3.63) is 0 Å².